The highest BCUT2D eigenvalue weighted by Gasteiger charge is 2.25. The monoisotopic (exact) mass is 302 g/mol. The van der Waals surface area contributed by atoms with E-state index in [0.717, 1.165) is 51.9 Å². The molecule has 3 nitrogen and oxygen atoms in total. The lowest BCUT2D eigenvalue weighted by Crippen LogP contribution is -2.41. The molecular weight excluding hydrogens is 272 g/mol. The van der Waals surface area contributed by atoms with E-state index in [9.17, 15) is 4.79 Å². The van der Waals surface area contributed by atoms with E-state index < -0.39 is 0 Å². The van der Waals surface area contributed by atoms with Crippen LogP contribution in [0.2, 0.25) is 0 Å². The minimum Gasteiger partial charge on any atom is -0.356 e. The number of carbonyl (C=O) groups is 1. The number of amides is 1. The second kappa shape index (κ2) is 8.94. The predicted molar refractivity (Wildman–Crippen MR) is 91.9 cm³/mol. The summed E-state index contributed by atoms with van der Waals surface area (Å²) in [4.78, 5) is 14.6. The first kappa shape index (κ1) is 17.0. The minimum atomic E-state index is 0.222. The molecule has 0 radical (unpaired) electrons. The Labute approximate surface area is 135 Å². The molecule has 1 N–H and O–H groups in total. The van der Waals surface area contributed by atoms with Gasteiger partial charge in [-0.25, -0.2) is 0 Å². The van der Waals surface area contributed by atoms with E-state index in [-0.39, 0.29) is 11.8 Å². The van der Waals surface area contributed by atoms with Crippen molar-refractivity contribution in [2.75, 3.05) is 26.2 Å². The largest absolute Gasteiger partial charge is 0.356 e. The Balaban J connectivity index is 1.72. The number of unbranched alkanes of at least 4 members (excludes halogenated alkanes) is 1. The lowest BCUT2D eigenvalue weighted by atomic mass is 9.94. The third-order valence-corrected chi connectivity index (χ3v) is 4.69. The summed E-state index contributed by atoms with van der Waals surface area (Å²) >= 11 is 0. The van der Waals surface area contributed by atoms with Crippen molar-refractivity contribution in [1.82, 2.24) is 10.2 Å². The fourth-order valence-electron chi connectivity index (χ4n) is 3.18. The van der Waals surface area contributed by atoms with Gasteiger partial charge in [0.1, 0.15) is 0 Å². The molecule has 1 unspecified atom stereocenters. The van der Waals surface area contributed by atoms with E-state index in [1.807, 2.05) is 0 Å². The molecule has 0 aliphatic carbocycles. The normalized spacial score (nSPS) is 18.1. The van der Waals surface area contributed by atoms with E-state index in [1.165, 1.54) is 5.56 Å². The summed E-state index contributed by atoms with van der Waals surface area (Å²) in [5, 5.41) is 3.08. The molecule has 0 aromatic heterocycles. The van der Waals surface area contributed by atoms with Crippen LogP contribution in [0, 0.1) is 5.92 Å². The topological polar surface area (TPSA) is 32.3 Å². The molecule has 1 atom stereocenters. The van der Waals surface area contributed by atoms with Crippen molar-refractivity contribution in [3.05, 3.63) is 35.9 Å². The number of rotatable bonds is 7. The van der Waals surface area contributed by atoms with Crippen molar-refractivity contribution >= 4 is 5.91 Å². The third kappa shape index (κ3) is 5.13. The highest BCUT2D eigenvalue weighted by Crippen LogP contribution is 2.21. The summed E-state index contributed by atoms with van der Waals surface area (Å²) < 4.78 is 0. The predicted octanol–water partition coefficient (Wildman–Crippen LogP) is 3.42. The fourth-order valence-corrected chi connectivity index (χ4v) is 3.18. The number of hydrogen-bond donors (Lipinski definition) is 1. The first-order valence-corrected chi connectivity index (χ1v) is 8.75. The number of carbonyl (C=O) groups excluding carboxylic acids is 1. The van der Waals surface area contributed by atoms with Crippen LogP contribution in [0.1, 0.15) is 51.0 Å². The highest BCUT2D eigenvalue weighted by atomic mass is 16.1. The van der Waals surface area contributed by atoms with Gasteiger partial charge in [0.25, 0.3) is 0 Å². The van der Waals surface area contributed by atoms with Crippen LogP contribution in [-0.4, -0.2) is 37.0 Å². The summed E-state index contributed by atoms with van der Waals surface area (Å²) in [7, 11) is 0. The van der Waals surface area contributed by atoms with Crippen molar-refractivity contribution in [1.29, 1.82) is 0 Å². The molecule has 1 heterocycles. The van der Waals surface area contributed by atoms with E-state index in [4.69, 9.17) is 0 Å². The average molecular weight is 302 g/mol. The van der Waals surface area contributed by atoms with Crippen molar-refractivity contribution in [3.63, 3.8) is 0 Å². The van der Waals surface area contributed by atoms with Crippen molar-refractivity contribution in [2.24, 2.45) is 5.92 Å². The quantitative estimate of drug-likeness (QED) is 0.783. The Hall–Kier alpha value is -1.35. The smallest absolute Gasteiger partial charge is 0.223 e. The summed E-state index contributed by atoms with van der Waals surface area (Å²) in [5.74, 6) is 1.04. The molecule has 1 saturated heterocycles. The third-order valence-electron chi connectivity index (χ3n) is 4.69. The molecule has 1 aliphatic heterocycles. The second-order valence-corrected chi connectivity index (χ2v) is 6.53. The van der Waals surface area contributed by atoms with Crippen molar-refractivity contribution < 1.29 is 4.79 Å². The van der Waals surface area contributed by atoms with Gasteiger partial charge in [-0.3, -0.25) is 4.79 Å². The van der Waals surface area contributed by atoms with E-state index in [2.05, 4.69) is 54.4 Å². The Morgan fingerprint density at radius 1 is 1.27 bits per heavy atom. The van der Waals surface area contributed by atoms with Gasteiger partial charge in [-0.15, -0.1) is 0 Å². The van der Waals surface area contributed by atoms with Crippen LogP contribution in [0.4, 0.5) is 0 Å². The van der Waals surface area contributed by atoms with Crippen LogP contribution >= 0.6 is 0 Å². The minimum absolute atomic E-state index is 0.222. The summed E-state index contributed by atoms with van der Waals surface area (Å²) in [5.41, 5.74) is 1.40. The molecule has 2 rings (SSSR count). The fraction of sp³-hybridized carbons (Fsp3) is 0.632. The Kier molecular flexibility index (Phi) is 6.91. The maximum Gasteiger partial charge on any atom is 0.223 e. The van der Waals surface area contributed by atoms with Crippen LogP contribution in [-0.2, 0) is 4.79 Å². The molecule has 122 valence electrons. The average Bonchev–Trinajstić information content (AvgIpc) is 2.56. The molecule has 1 aliphatic rings. The first-order chi connectivity index (χ1) is 10.7. The molecule has 22 heavy (non-hydrogen) atoms. The highest BCUT2D eigenvalue weighted by molar-refractivity contribution is 5.78. The van der Waals surface area contributed by atoms with Gasteiger partial charge in [-0.1, -0.05) is 50.6 Å². The Morgan fingerprint density at radius 2 is 1.95 bits per heavy atom. The zero-order chi connectivity index (χ0) is 15.8. The molecule has 3 heteroatoms. The van der Waals surface area contributed by atoms with Gasteiger partial charge >= 0.3 is 0 Å². The van der Waals surface area contributed by atoms with Gasteiger partial charge in [0.05, 0.1) is 0 Å². The number of piperidine rings is 1. The van der Waals surface area contributed by atoms with Crippen molar-refractivity contribution in [3.8, 4) is 0 Å². The standard InChI is InChI=1S/C19H30N2O/c1-3-4-12-20-19(22)18-10-13-21(14-11-18)15-16(2)17-8-6-5-7-9-17/h5-9,16,18H,3-4,10-15H2,1-2H3,(H,20,22). The van der Waals surface area contributed by atoms with Gasteiger partial charge in [0.15, 0.2) is 0 Å². The van der Waals surface area contributed by atoms with Crippen LogP contribution < -0.4 is 5.32 Å². The van der Waals surface area contributed by atoms with Gasteiger partial charge < -0.3 is 10.2 Å². The lowest BCUT2D eigenvalue weighted by Gasteiger charge is -2.33. The molecular formula is C19H30N2O. The summed E-state index contributed by atoms with van der Waals surface area (Å²) in [6.07, 6.45) is 4.22. The summed E-state index contributed by atoms with van der Waals surface area (Å²) in [6, 6.07) is 10.7. The number of benzene rings is 1. The second-order valence-electron chi connectivity index (χ2n) is 6.53. The molecule has 1 fully saturated rings. The zero-order valence-electron chi connectivity index (χ0n) is 14.1. The SMILES string of the molecule is CCCCNC(=O)C1CCN(CC(C)c2ccccc2)CC1. The van der Waals surface area contributed by atoms with Crippen LogP contribution in [0.5, 0.6) is 0 Å². The lowest BCUT2D eigenvalue weighted by molar-refractivity contribution is -0.126. The molecule has 0 saturated carbocycles. The van der Waals surface area contributed by atoms with E-state index in [0.29, 0.717) is 5.92 Å². The summed E-state index contributed by atoms with van der Waals surface area (Å²) in [6.45, 7) is 8.46. The van der Waals surface area contributed by atoms with Crippen LogP contribution in [0.25, 0.3) is 0 Å². The molecule has 1 amide bonds. The zero-order valence-corrected chi connectivity index (χ0v) is 14.1. The number of nitrogens with one attached hydrogen (secondary N) is 1. The number of likely N-dealkylation sites (tertiary alicyclic amines) is 1. The molecule has 0 spiro atoms. The van der Waals surface area contributed by atoms with Crippen molar-refractivity contribution in [2.45, 2.75) is 45.4 Å². The van der Waals surface area contributed by atoms with Crippen LogP contribution in [0.15, 0.2) is 30.3 Å². The molecule has 1 aromatic carbocycles. The maximum atomic E-state index is 12.1. The number of nitrogens with zero attached hydrogens (tertiary/aromatic N) is 1. The Bertz CT molecular complexity index is 438. The Morgan fingerprint density at radius 3 is 2.59 bits per heavy atom. The van der Waals surface area contributed by atoms with E-state index >= 15 is 0 Å². The van der Waals surface area contributed by atoms with Gasteiger partial charge in [0.2, 0.25) is 5.91 Å². The van der Waals surface area contributed by atoms with Gasteiger partial charge in [-0.05, 0) is 43.8 Å². The van der Waals surface area contributed by atoms with Gasteiger partial charge in [0, 0.05) is 19.0 Å². The van der Waals surface area contributed by atoms with Gasteiger partial charge in [-0.2, -0.15) is 0 Å². The van der Waals surface area contributed by atoms with Crippen LogP contribution in [0.3, 0.4) is 0 Å². The van der Waals surface area contributed by atoms with E-state index in [1.54, 1.807) is 0 Å². The molecule has 1 aromatic rings. The maximum absolute atomic E-state index is 12.1. The molecule has 0 bridgehead atoms. The number of hydrogen-bond acceptors (Lipinski definition) is 2. The first-order valence-electron chi connectivity index (χ1n) is 8.75.